The Morgan fingerprint density at radius 3 is 2.52 bits per heavy atom. The molecule has 0 amide bonds. The number of hydrogen-bond acceptors (Lipinski definition) is 7. The summed E-state index contributed by atoms with van der Waals surface area (Å²) in [6.45, 7) is 0.638. The maximum atomic E-state index is 10.2. The van der Waals surface area contributed by atoms with Crippen LogP contribution in [0.25, 0.3) is 0 Å². The van der Waals surface area contributed by atoms with E-state index in [1.807, 2.05) is 0 Å². The quantitative estimate of drug-likeness (QED) is 0.611. The van der Waals surface area contributed by atoms with Crippen LogP contribution < -0.4 is 4.74 Å². The van der Waals surface area contributed by atoms with Crippen LogP contribution in [0.5, 0.6) is 28.7 Å². The van der Waals surface area contributed by atoms with Crippen molar-refractivity contribution in [3.8, 4) is 28.7 Å². The van der Waals surface area contributed by atoms with Crippen molar-refractivity contribution in [3.05, 3.63) is 41.5 Å². The molecule has 0 aliphatic carbocycles. The zero-order chi connectivity index (χ0) is 19.0. The van der Waals surface area contributed by atoms with Gasteiger partial charge in [0.05, 0.1) is 0 Å². The van der Waals surface area contributed by atoms with E-state index in [0.29, 0.717) is 29.9 Å². The fourth-order valence-corrected chi connectivity index (χ4v) is 3.58. The molecule has 1 fully saturated rings. The summed E-state index contributed by atoms with van der Waals surface area (Å²) in [6, 6.07) is 7.16. The first-order valence-corrected chi connectivity index (χ1v) is 9.01. The minimum absolute atomic E-state index is 0.0600. The lowest BCUT2D eigenvalue weighted by atomic mass is 9.93. The van der Waals surface area contributed by atoms with E-state index in [2.05, 4.69) is 0 Å². The van der Waals surface area contributed by atoms with Crippen molar-refractivity contribution < 1.29 is 34.6 Å². The highest BCUT2D eigenvalue weighted by molar-refractivity contribution is 5.52. The molecule has 0 spiro atoms. The van der Waals surface area contributed by atoms with E-state index in [9.17, 15) is 20.4 Å². The second-order valence-electron chi connectivity index (χ2n) is 6.90. The smallest absolute Gasteiger partial charge is 0.158 e. The minimum atomic E-state index is -0.601. The molecule has 144 valence electrons. The van der Waals surface area contributed by atoms with Crippen LogP contribution in [0.2, 0.25) is 0 Å². The summed E-state index contributed by atoms with van der Waals surface area (Å²) < 4.78 is 17.9. The number of phenolic OH excluding ortho intramolecular Hbond substituents is 4. The maximum absolute atomic E-state index is 10.2. The van der Waals surface area contributed by atoms with Crippen molar-refractivity contribution in [3.63, 3.8) is 0 Å². The molecule has 2 aliphatic heterocycles. The average molecular weight is 374 g/mol. The number of benzene rings is 2. The highest BCUT2D eigenvalue weighted by atomic mass is 16.7. The maximum Gasteiger partial charge on any atom is 0.158 e. The molecule has 3 unspecified atom stereocenters. The van der Waals surface area contributed by atoms with Crippen LogP contribution in [0.15, 0.2) is 30.3 Å². The lowest BCUT2D eigenvalue weighted by Gasteiger charge is -2.37. The summed E-state index contributed by atoms with van der Waals surface area (Å²) in [5.41, 5.74) is 1.16. The van der Waals surface area contributed by atoms with Gasteiger partial charge in [0.15, 0.2) is 23.9 Å². The summed E-state index contributed by atoms with van der Waals surface area (Å²) in [4.78, 5) is 0. The summed E-state index contributed by atoms with van der Waals surface area (Å²) in [5, 5.41) is 39.4. The molecule has 7 nitrogen and oxygen atoms in total. The van der Waals surface area contributed by atoms with Crippen LogP contribution in [0, 0.1) is 0 Å². The third-order valence-corrected chi connectivity index (χ3v) is 4.96. The summed E-state index contributed by atoms with van der Waals surface area (Å²) in [7, 11) is 0. The van der Waals surface area contributed by atoms with Gasteiger partial charge in [-0.2, -0.15) is 0 Å². The zero-order valence-corrected chi connectivity index (χ0v) is 14.7. The fraction of sp³-hybridized carbons (Fsp3) is 0.400. The first-order valence-electron chi connectivity index (χ1n) is 9.01. The molecule has 7 heteroatoms. The Kier molecular flexibility index (Phi) is 4.72. The minimum Gasteiger partial charge on any atom is -0.508 e. The standard InChI is InChI=1S/C20H22O7/c21-12-8-15(23)13-10-18(26-19-3-1-2-6-25-19)20(27-17(13)9-12)11-4-5-14(22)16(24)7-11/h4-5,7-9,18-24H,1-3,6,10H2. The Hall–Kier alpha value is -2.64. The molecule has 2 aromatic carbocycles. The summed E-state index contributed by atoms with van der Waals surface area (Å²) >= 11 is 0. The van der Waals surface area contributed by atoms with Gasteiger partial charge in [0.25, 0.3) is 0 Å². The van der Waals surface area contributed by atoms with Gasteiger partial charge in [-0.1, -0.05) is 6.07 Å². The van der Waals surface area contributed by atoms with Gasteiger partial charge in [-0.3, -0.25) is 0 Å². The van der Waals surface area contributed by atoms with Gasteiger partial charge in [0.1, 0.15) is 23.4 Å². The van der Waals surface area contributed by atoms with E-state index in [4.69, 9.17) is 14.2 Å². The van der Waals surface area contributed by atoms with Crippen molar-refractivity contribution >= 4 is 0 Å². The van der Waals surface area contributed by atoms with Gasteiger partial charge in [-0.25, -0.2) is 0 Å². The third-order valence-electron chi connectivity index (χ3n) is 4.96. The van der Waals surface area contributed by atoms with Gasteiger partial charge in [0.2, 0.25) is 0 Å². The van der Waals surface area contributed by atoms with Crippen molar-refractivity contribution in [1.29, 1.82) is 0 Å². The SMILES string of the molecule is Oc1cc(O)c2c(c1)OC(c1ccc(O)c(O)c1)C(OC1CCCCO1)C2. The zero-order valence-electron chi connectivity index (χ0n) is 14.7. The second-order valence-corrected chi connectivity index (χ2v) is 6.90. The molecule has 2 heterocycles. The van der Waals surface area contributed by atoms with E-state index in [1.54, 1.807) is 6.07 Å². The van der Waals surface area contributed by atoms with Crippen molar-refractivity contribution in [2.24, 2.45) is 0 Å². The van der Waals surface area contributed by atoms with Gasteiger partial charge >= 0.3 is 0 Å². The van der Waals surface area contributed by atoms with Crippen LogP contribution in [-0.2, 0) is 15.9 Å². The van der Waals surface area contributed by atoms with E-state index >= 15 is 0 Å². The molecular formula is C20H22O7. The van der Waals surface area contributed by atoms with Crippen molar-refractivity contribution in [2.75, 3.05) is 6.61 Å². The number of hydrogen-bond donors (Lipinski definition) is 4. The predicted octanol–water partition coefficient (Wildman–Crippen LogP) is 3.10. The Morgan fingerprint density at radius 2 is 1.78 bits per heavy atom. The molecule has 4 rings (SSSR count). The van der Waals surface area contributed by atoms with E-state index in [-0.39, 0.29) is 29.3 Å². The molecule has 0 bridgehead atoms. The molecule has 2 aromatic rings. The summed E-state index contributed by atoms with van der Waals surface area (Å²) in [5.74, 6) is -0.287. The van der Waals surface area contributed by atoms with E-state index < -0.39 is 12.2 Å². The molecule has 0 saturated carbocycles. The second kappa shape index (κ2) is 7.17. The first kappa shape index (κ1) is 17.8. The van der Waals surface area contributed by atoms with Crippen LogP contribution >= 0.6 is 0 Å². The number of ether oxygens (including phenoxy) is 3. The number of aromatic hydroxyl groups is 4. The van der Waals surface area contributed by atoms with Crippen LogP contribution in [-0.4, -0.2) is 39.4 Å². The molecule has 27 heavy (non-hydrogen) atoms. The van der Waals surface area contributed by atoms with Gasteiger partial charge in [-0.05, 0) is 37.0 Å². The highest BCUT2D eigenvalue weighted by Gasteiger charge is 2.36. The molecular weight excluding hydrogens is 352 g/mol. The third kappa shape index (κ3) is 3.61. The fourth-order valence-electron chi connectivity index (χ4n) is 3.58. The van der Waals surface area contributed by atoms with Gasteiger partial charge in [-0.15, -0.1) is 0 Å². The molecule has 0 radical (unpaired) electrons. The van der Waals surface area contributed by atoms with Crippen molar-refractivity contribution in [1.82, 2.24) is 0 Å². The molecule has 3 atom stereocenters. The molecule has 4 N–H and O–H groups in total. The molecule has 0 aromatic heterocycles. The van der Waals surface area contributed by atoms with Gasteiger partial charge in [0, 0.05) is 30.7 Å². The Morgan fingerprint density at radius 1 is 0.926 bits per heavy atom. The van der Waals surface area contributed by atoms with E-state index in [0.717, 1.165) is 19.3 Å². The summed E-state index contributed by atoms with van der Waals surface area (Å²) in [6.07, 6.45) is 1.71. The first-order chi connectivity index (χ1) is 13.0. The number of fused-ring (bicyclic) bond motifs is 1. The predicted molar refractivity (Wildman–Crippen MR) is 95.1 cm³/mol. The Bertz CT molecular complexity index is 829. The van der Waals surface area contributed by atoms with Crippen LogP contribution in [0.1, 0.15) is 36.5 Å². The Labute approximate surface area is 156 Å². The lowest BCUT2D eigenvalue weighted by Crippen LogP contribution is -2.37. The monoisotopic (exact) mass is 374 g/mol. The number of rotatable bonds is 3. The average Bonchev–Trinajstić information content (AvgIpc) is 2.65. The Balaban J connectivity index is 1.68. The normalized spacial score (nSPS) is 24.8. The molecule has 2 aliphatic rings. The topological polar surface area (TPSA) is 109 Å². The van der Waals surface area contributed by atoms with Gasteiger partial charge < -0.3 is 34.6 Å². The van der Waals surface area contributed by atoms with Crippen LogP contribution in [0.3, 0.4) is 0 Å². The molecule has 1 saturated heterocycles. The number of phenols is 4. The lowest BCUT2D eigenvalue weighted by molar-refractivity contribution is -0.207. The highest BCUT2D eigenvalue weighted by Crippen LogP contribution is 2.44. The largest absolute Gasteiger partial charge is 0.508 e. The van der Waals surface area contributed by atoms with Crippen molar-refractivity contribution in [2.45, 2.75) is 44.2 Å². The van der Waals surface area contributed by atoms with Crippen LogP contribution in [0.4, 0.5) is 0 Å². The van der Waals surface area contributed by atoms with E-state index in [1.165, 1.54) is 24.3 Å².